The molecule has 1 N–H and O–H groups in total. The van der Waals surface area contributed by atoms with Crippen molar-refractivity contribution in [2.75, 3.05) is 52.9 Å². The van der Waals surface area contributed by atoms with E-state index in [1.807, 2.05) is 0 Å². The van der Waals surface area contributed by atoms with Crippen LogP contribution >= 0.6 is 0 Å². The lowest BCUT2D eigenvalue weighted by Crippen LogP contribution is -2.49. The molecule has 1 aliphatic rings. The zero-order chi connectivity index (χ0) is 14.1. The maximum Gasteiger partial charge on any atom is 0.306 e. The van der Waals surface area contributed by atoms with Crippen molar-refractivity contribution >= 4 is 11.9 Å². The molecule has 0 unspecified atom stereocenters. The van der Waals surface area contributed by atoms with Gasteiger partial charge in [-0.05, 0) is 0 Å². The summed E-state index contributed by atoms with van der Waals surface area (Å²) in [5.74, 6) is -0.144. The topological polar surface area (TPSA) is 61.9 Å². The summed E-state index contributed by atoms with van der Waals surface area (Å²) in [4.78, 5) is 26.9. The Balaban J connectivity index is 2.16. The minimum atomic E-state index is -0.175. The van der Waals surface area contributed by atoms with Crippen LogP contribution in [0.1, 0.15) is 6.42 Å². The first-order valence-electron chi connectivity index (χ1n) is 6.55. The van der Waals surface area contributed by atoms with Crippen LogP contribution < -0.4 is 5.32 Å². The van der Waals surface area contributed by atoms with Crippen LogP contribution in [0.15, 0.2) is 12.7 Å². The molecule has 0 aromatic carbocycles. The number of nitrogens with one attached hydrogen (secondary N) is 1. The van der Waals surface area contributed by atoms with Crippen molar-refractivity contribution in [3.8, 4) is 0 Å². The number of amides is 1. The van der Waals surface area contributed by atoms with Gasteiger partial charge in [-0.2, -0.15) is 0 Å². The van der Waals surface area contributed by atoms with Crippen molar-refractivity contribution in [2.24, 2.45) is 0 Å². The Morgan fingerprint density at radius 1 is 1.26 bits per heavy atom. The number of nitrogens with zero attached hydrogens (tertiary/aromatic N) is 2. The van der Waals surface area contributed by atoms with Gasteiger partial charge < -0.3 is 15.0 Å². The summed E-state index contributed by atoms with van der Waals surface area (Å²) >= 11 is 0. The van der Waals surface area contributed by atoms with E-state index in [-0.39, 0.29) is 11.9 Å². The van der Waals surface area contributed by atoms with Crippen molar-refractivity contribution in [3.05, 3.63) is 12.7 Å². The molecule has 1 fully saturated rings. The highest BCUT2D eigenvalue weighted by atomic mass is 16.5. The number of carbonyl (C=O) groups excluding carboxylic acids is 2. The zero-order valence-corrected chi connectivity index (χ0v) is 11.6. The van der Waals surface area contributed by atoms with E-state index in [4.69, 9.17) is 0 Å². The molecule has 0 aromatic heterocycles. The molecule has 0 aliphatic carbocycles. The first-order valence-corrected chi connectivity index (χ1v) is 6.55. The van der Waals surface area contributed by atoms with Gasteiger partial charge in [0.15, 0.2) is 0 Å². The highest BCUT2D eigenvalue weighted by molar-refractivity contribution is 5.78. The monoisotopic (exact) mass is 269 g/mol. The number of methoxy groups -OCH3 is 1. The summed E-state index contributed by atoms with van der Waals surface area (Å²) in [7, 11) is 1.40. The average molecular weight is 269 g/mol. The van der Waals surface area contributed by atoms with Crippen molar-refractivity contribution in [1.29, 1.82) is 0 Å². The number of piperazine rings is 1. The summed E-state index contributed by atoms with van der Waals surface area (Å²) in [6.45, 7) is 8.69. The average Bonchev–Trinajstić information content (AvgIpc) is 2.44. The molecule has 1 saturated heterocycles. The number of esters is 1. The number of hydrogen-bond acceptors (Lipinski definition) is 5. The van der Waals surface area contributed by atoms with Crippen LogP contribution in [0.3, 0.4) is 0 Å². The molecule has 0 radical (unpaired) electrons. The van der Waals surface area contributed by atoms with Crippen LogP contribution in [0.4, 0.5) is 0 Å². The molecule has 0 spiro atoms. The Hall–Kier alpha value is -1.40. The van der Waals surface area contributed by atoms with Gasteiger partial charge in [-0.25, -0.2) is 0 Å². The van der Waals surface area contributed by atoms with E-state index >= 15 is 0 Å². The van der Waals surface area contributed by atoms with Gasteiger partial charge in [-0.15, -0.1) is 6.58 Å². The third-order valence-electron chi connectivity index (χ3n) is 3.14. The number of ether oxygens (including phenoxy) is 1. The predicted molar refractivity (Wildman–Crippen MR) is 72.7 cm³/mol. The van der Waals surface area contributed by atoms with Crippen LogP contribution in [0.25, 0.3) is 0 Å². The lowest BCUT2D eigenvalue weighted by Gasteiger charge is -2.34. The summed E-state index contributed by atoms with van der Waals surface area (Å²) in [5.41, 5.74) is 0. The Kier molecular flexibility index (Phi) is 7.14. The van der Waals surface area contributed by atoms with Gasteiger partial charge >= 0.3 is 5.97 Å². The van der Waals surface area contributed by atoms with Gasteiger partial charge in [-0.3, -0.25) is 14.5 Å². The maximum atomic E-state index is 11.5. The predicted octanol–water partition coefficient (Wildman–Crippen LogP) is -0.531. The van der Waals surface area contributed by atoms with E-state index in [0.717, 1.165) is 32.7 Å². The minimum absolute atomic E-state index is 0.0305. The highest BCUT2D eigenvalue weighted by Crippen LogP contribution is 2.02. The van der Waals surface area contributed by atoms with Crippen LogP contribution in [-0.2, 0) is 14.3 Å². The van der Waals surface area contributed by atoms with E-state index in [9.17, 15) is 9.59 Å². The van der Waals surface area contributed by atoms with Crippen LogP contribution in [0.5, 0.6) is 0 Å². The van der Waals surface area contributed by atoms with Crippen molar-refractivity contribution in [1.82, 2.24) is 15.1 Å². The molecular weight excluding hydrogens is 246 g/mol. The molecular formula is C13H23N3O3. The summed E-state index contributed by atoms with van der Waals surface area (Å²) in [5, 5.41) is 2.77. The highest BCUT2D eigenvalue weighted by Gasteiger charge is 2.19. The second kappa shape index (κ2) is 8.66. The Labute approximate surface area is 114 Å². The molecule has 6 nitrogen and oxygen atoms in total. The summed E-state index contributed by atoms with van der Waals surface area (Å²) in [6.07, 6.45) is 2.10. The van der Waals surface area contributed by atoms with Crippen LogP contribution in [0.2, 0.25) is 0 Å². The lowest BCUT2D eigenvalue weighted by molar-refractivity contribution is -0.141. The molecule has 108 valence electrons. The maximum absolute atomic E-state index is 11.5. The fourth-order valence-corrected chi connectivity index (χ4v) is 1.97. The fourth-order valence-electron chi connectivity index (χ4n) is 1.97. The molecule has 1 heterocycles. The Morgan fingerprint density at radius 3 is 2.47 bits per heavy atom. The third-order valence-corrected chi connectivity index (χ3v) is 3.14. The normalized spacial score (nSPS) is 16.9. The number of hydrogen-bond donors (Lipinski definition) is 1. The van der Waals surface area contributed by atoms with Crippen molar-refractivity contribution in [3.63, 3.8) is 0 Å². The Bertz CT molecular complexity index is 312. The SMILES string of the molecule is C=CCNC(=O)CN1CCN(CCC(=O)OC)CC1. The van der Waals surface area contributed by atoms with E-state index in [2.05, 4.69) is 26.4 Å². The molecule has 1 amide bonds. The summed E-state index contributed by atoms with van der Waals surface area (Å²) in [6, 6.07) is 0. The van der Waals surface area contributed by atoms with E-state index < -0.39 is 0 Å². The second-order valence-corrected chi connectivity index (χ2v) is 4.54. The second-order valence-electron chi connectivity index (χ2n) is 4.54. The van der Waals surface area contributed by atoms with Gasteiger partial charge in [-0.1, -0.05) is 6.08 Å². The Morgan fingerprint density at radius 2 is 1.89 bits per heavy atom. The van der Waals surface area contributed by atoms with E-state index in [1.165, 1.54) is 7.11 Å². The molecule has 0 aromatic rings. The quantitative estimate of drug-likeness (QED) is 0.497. The van der Waals surface area contributed by atoms with Gasteiger partial charge in [0.1, 0.15) is 0 Å². The fraction of sp³-hybridized carbons (Fsp3) is 0.692. The largest absolute Gasteiger partial charge is 0.469 e. The first kappa shape index (κ1) is 15.7. The molecule has 1 aliphatic heterocycles. The smallest absolute Gasteiger partial charge is 0.306 e. The molecule has 0 atom stereocenters. The van der Waals surface area contributed by atoms with Gasteiger partial charge in [0, 0.05) is 39.3 Å². The van der Waals surface area contributed by atoms with Gasteiger partial charge in [0.2, 0.25) is 5.91 Å². The van der Waals surface area contributed by atoms with Crippen molar-refractivity contribution < 1.29 is 14.3 Å². The van der Waals surface area contributed by atoms with Crippen LogP contribution in [0, 0.1) is 0 Å². The molecule has 0 saturated carbocycles. The molecule has 19 heavy (non-hydrogen) atoms. The van der Waals surface area contributed by atoms with Gasteiger partial charge in [0.05, 0.1) is 20.1 Å². The van der Waals surface area contributed by atoms with E-state index in [0.29, 0.717) is 19.5 Å². The molecule has 0 bridgehead atoms. The van der Waals surface area contributed by atoms with Crippen LogP contribution in [-0.4, -0.2) is 74.6 Å². The van der Waals surface area contributed by atoms with Gasteiger partial charge in [0.25, 0.3) is 0 Å². The molecule has 1 rings (SSSR count). The lowest BCUT2D eigenvalue weighted by atomic mass is 10.3. The standard InChI is InChI=1S/C13H23N3O3/c1-3-5-14-12(17)11-16-9-7-15(8-10-16)6-4-13(18)19-2/h3H,1,4-11H2,2H3,(H,14,17). The zero-order valence-electron chi connectivity index (χ0n) is 11.6. The summed E-state index contributed by atoms with van der Waals surface area (Å²) < 4.78 is 4.62. The minimum Gasteiger partial charge on any atom is -0.469 e. The van der Waals surface area contributed by atoms with E-state index in [1.54, 1.807) is 6.08 Å². The first-order chi connectivity index (χ1) is 9.15. The third kappa shape index (κ3) is 6.35. The number of carbonyl (C=O) groups is 2. The molecule has 6 heteroatoms. The van der Waals surface area contributed by atoms with Crippen molar-refractivity contribution in [2.45, 2.75) is 6.42 Å². The number of rotatable bonds is 7.